The lowest BCUT2D eigenvalue weighted by Gasteiger charge is -2.15. The van der Waals surface area contributed by atoms with Gasteiger partial charge in [0, 0.05) is 13.7 Å². The van der Waals surface area contributed by atoms with E-state index in [1.54, 1.807) is 0 Å². The summed E-state index contributed by atoms with van der Waals surface area (Å²) in [4.78, 5) is 25.6. The van der Waals surface area contributed by atoms with Gasteiger partial charge in [0.1, 0.15) is 11.5 Å². The Balaban J connectivity index is 2.17. The van der Waals surface area contributed by atoms with Gasteiger partial charge in [0.05, 0.1) is 19.3 Å². The summed E-state index contributed by atoms with van der Waals surface area (Å²) in [6.07, 6.45) is 1.50. The molecule has 1 saturated carbocycles. The van der Waals surface area contributed by atoms with E-state index in [1.165, 1.54) is 11.7 Å². The topological polar surface area (TPSA) is 122 Å². The van der Waals surface area contributed by atoms with Gasteiger partial charge in [-0.25, -0.2) is 4.79 Å². The molecule has 1 atom stereocenters. The van der Waals surface area contributed by atoms with Gasteiger partial charge in [-0.3, -0.25) is 14.3 Å². The molecule has 8 nitrogen and oxygen atoms in total. The highest BCUT2D eigenvalue weighted by Gasteiger charge is 2.29. The van der Waals surface area contributed by atoms with E-state index in [1.807, 2.05) is 0 Å². The Morgan fingerprint density at radius 1 is 1.55 bits per heavy atom. The standard InChI is InChI=1S/C12H20N4O4/c1-20-5-4-16-10(13)9(11(18)15-12(16)19)14-6-8(17)7-2-3-7/h7-8,14,17H,2-6,13H2,1H3,(H,15,18,19). The monoisotopic (exact) mass is 284 g/mol. The molecule has 1 aromatic heterocycles. The van der Waals surface area contributed by atoms with Crippen LogP contribution in [0.1, 0.15) is 12.8 Å². The van der Waals surface area contributed by atoms with E-state index in [9.17, 15) is 14.7 Å². The highest BCUT2D eigenvalue weighted by Crippen LogP contribution is 2.32. The second-order valence-corrected chi connectivity index (χ2v) is 4.95. The third-order valence-electron chi connectivity index (χ3n) is 3.41. The van der Waals surface area contributed by atoms with Crippen LogP contribution in [0, 0.1) is 5.92 Å². The molecule has 8 heteroatoms. The fourth-order valence-electron chi connectivity index (χ4n) is 2.02. The van der Waals surface area contributed by atoms with E-state index in [4.69, 9.17) is 10.5 Å². The molecule has 20 heavy (non-hydrogen) atoms. The van der Waals surface area contributed by atoms with Crippen LogP contribution >= 0.6 is 0 Å². The third kappa shape index (κ3) is 3.20. The SMILES string of the molecule is COCCn1c(N)c(NCC(O)C2CC2)c(=O)[nH]c1=O. The molecule has 0 radical (unpaired) electrons. The maximum atomic E-state index is 11.8. The molecule has 0 aliphatic heterocycles. The minimum Gasteiger partial charge on any atom is -0.391 e. The molecular weight excluding hydrogens is 264 g/mol. The number of rotatable bonds is 7. The molecule has 1 aromatic rings. The molecule has 0 spiro atoms. The van der Waals surface area contributed by atoms with Gasteiger partial charge in [-0.15, -0.1) is 0 Å². The van der Waals surface area contributed by atoms with Crippen molar-refractivity contribution in [1.29, 1.82) is 0 Å². The molecule has 112 valence electrons. The van der Waals surface area contributed by atoms with E-state index in [0.29, 0.717) is 12.5 Å². The summed E-state index contributed by atoms with van der Waals surface area (Å²) in [7, 11) is 1.51. The number of aromatic nitrogens is 2. The van der Waals surface area contributed by atoms with Crippen molar-refractivity contribution in [3.8, 4) is 0 Å². The zero-order valence-electron chi connectivity index (χ0n) is 11.4. The Bertz CT molecular complexity index is 576. The largest absolute Gasteiger partial charge is 0.391 e. The first-order chi connectivity index (χ1) is 9.54. The Kier molecular flexibility index (Phi) is 4.46. The number of anilines is 2. The Hall–Kier alpha value is -1.80. The zero-order chi connectivity index (χ0) is 14.7. The van der Waals surface area contributed by atoms with Crippen molar-refractivity contribution in [3.63, 3.8) is 0 Å². The molecule has 1 unspecified atom stereocenters. The molecule has 0 aromatic carbocycles. The molecule has 1 aliphatic carbocycles. The van der Waals surface area contributed by atoms with Crippen molar-refractivity contribution in [1.82, 2.24) is 9.55 Å². The number of nitrogens with zero attached hydrogens (tertiary/aromatic N) is 1. The maximum absolute atomic E-state index is 11.8. The summed E-state index contributed by atoms with van der Waals surface area (Å²) >= 11 is 0. The summed E-state index contributed by atoms with van der Waals surface area (Å²) in [5.74, 6) is 0.348. The van der Waals surface area contributed by atoms with Gasteiger partial charge >= 0.3 is 5.69 Å². The Morgan fingerprint density at radius 2 is 2.25 bits per heavy atom. The number of nitrogens with one attached hydrogen (secondary N) is 2. The van der Waals surface area contributed by atoms with Crippen LogP contribution in [-0.2, 0) is 11.3 Å². The van der Waals surface area contributed by atoms with Gasteiger partial charge in [-0.2, -0.15) is 0 Å². The van der Waals surface area contributed by atoms with Gasteiger partial charge in [-0.05, 0) is 18.8 Å². The lowest BCUT2D eigenvalue weighted by atomic mass is 10.2. The van der Waals surface area contributed by atoms with Crippen LogP contribution < -0.4 is 22.3 Å². The smallest absolute Gasteiger partial charge is 0.330 e. The molecule has 0 bridgehead atoms. The molecule has 1 aliphatic rings. The maximum Gasteiger partial charge on any atom is 0.330 e. The Morgan fingerprint density at radius 3 is 2.85 bits per heavy atom. The first-order valence-corrected chi connectivity index (χ1v) is 6.58. The molecule has 2 rings (SSSR count). The van der Waals surface area contributed by atoms with Crippen LogP contribution in [0.25, 0.3) is 0 Å². The van der Waals surface area contributed by atoms with Crippen LogP contribution in [0.3, 0.4) is 0 Å². The van der Waals surface area contributed by atoms with E-state index < -0.39 is 17.4 Å². The lowest BCUT2D eigenvalue weighted by molar-refractivity contribution is 0.164. The van der Waals surface area contributed by atoms with E-state index in [2.05, 4.69) is 10.3 Å². The van der Waals surface area contributed by atoms with Gasteiger partial charge in [0.25, 0.3) is 5.56 Å². The number of hydrogen-bond acceptors (Lipinski definition) is 6. The second-order valence-electron chi connectivity index (χ2n) is 4.95. The Labute approximate surface area is 115 Å². The van der Waals surface area contributed by atoms with Gasteiger partial charge in [0.2, 0.25) is 0 Å². The molecule has 0 amide bonds. The number of methoxy groups -OCH3 is 1. The van der Waals surface area contributed by atoms with Crippen LogP contribution in [0.4, 0.5) is 11.5 Å². The highest BCUT2D eigenvalue weighted by atomic mass is 16.5. The fraction of sp³-hybridized carbons (Fsp3) is 0.667. The highest BCUT2D eigenvalue weighted by molar-refractivity contribution is 5.60. The van der Waals surface area contributed by atoms with Crippen LogP contribution in [0.15, 0.2) is 9.59 Å². The number of aliphatic hydroxyl groups is 1. The fourth-order valence-corrected chi connectivity index (χ4v) is 2.02. The van der Waals surface area contributed by atoms with Crippen LogP contribution in [0.5, 0.6) is 0 Å². The predicted octanol–water partition coefficient (Wildman–Crippen LogP) is -1.05. The molecule has 0 saturated heterocycles. The summed E-state index contributed by atoms with van der Waals surface area (Å²) < 4.78 is 6.13. The van der Waals surface area contributed by atoms with Crippen LogP contribution in [-0.4, -0.2) is 41.0 Å². The summed E-state index contributed by atoms with van der Waals surface area (Å²) in [6.45, 7) is 0.790. The molecule has 1 heterocycles. The third-order valence-corrected chi connectivity index (χ3v) is 3.41. The number of nitrogens with two attached hydrogens (primary N) is 1. The average Bonchev–Trinajstić information content (AvgIpc) is 3.22. The molecule has 5 N–H and O–H groups in total. The van der Waals surface area contributed by atoms with Gasteiger partial charge < -0.3 is 20.9 Å². The zero-order valence-corrected chi connectivity index (χ0v) is 11.4. The van der Waals surface area contributed by atoms with Crippen molar-refractivity contribution >= 4 is 11.5 Å². The minimum atomic E-state index is -0.579. The molecular formula is C12H20N4O4. The van der Waals surface area contributed by atoms with Crippen LogP contribution in [0.2, 0.25) is 0 Å². The number of nitrogen functional groups attached to an aromatic ring is 1. The lowest BCUT2D eigenvalue weighted by Crippen LogP contribution is -2.36. The number of H-pyrrole nitrogens is 1. The van der Waals surface area contributed by atoms with Gasteiger partial charge in [0.15, 0.2) is 0 Å². The predicted molar refractivity (Wildman–Crippen MR) is 74.8 cm³/mol. The second kappa shape index (κ2) is 6.10. The van der Waals surface area contributed by atoms with Crippen molar-refractivity contribution in [2.75, 3.05) is 31.3 Å². The molecule has 1 fully saturated rings. The summed E-state index contributed by atoms with van der Waals surface area (Å²) in [5.41, 5.74) is 4.81. The minimum absolute atomic E-state index is 0.0544. The average molecular weight is 284 g/mol. The summed E-state index contributed by atoms with van der Waals surface area (Å²) in [6, 6.07) is 0. The van der Waals surface area contributed by atoms with E-state index in [0.717, 1.165) is 12.8 Å². The summed E-state index contributed by atoms with van der Waals surface area (Å²) in [5, 5.41) is 12.6. The first kappa shape index (κ1) is 14.6. The number of aromatic amines is 1. The van der Waals surface area contributed by atoms with Crippen molar-refractivity contribution < 1.29 is 9.84 Å². The normalized spacial score (nSPS) is 16.1. The number of hydrogen-bond donors (Lipinski definition) is 4. The van der Waals surface area contributed by atoms with Crippen molar-refractivity contribution in [2.24, 2.45) is 5.92 Å². The van der Waals surface area contributed by atoms with Crippen molar-refractivity contribution in [2.45, 2.75) is 25.5 Å². The van der Waals surface area contributed by atoms with E-state index in [-0.39, 0.29) is 24.6 Å². The van der Waals surface area contributed by atoms with E-state index >= 15 is 0 Å². The van der Waals surface area contributed by atoms with Crippen molar-refractivity contribution in [3.05, 3.63) is 20.8 Å². The van der Waals surface area contributed by atoms with Gasteiger partial charge in [-0.1, -0.05) is 0 Å². The first-order valence-electron chi connectivity index (χ1n) is 6.58. The quantitative estimate of drug-likeness (QED) is 0.506. The number of ether oxygens (including phenoxy) is 1. The number of aliphatic hydroxyl groups excluding tert-OH is 1.